The average Bonchev–Trinajstić information content (AvgIpc) is 3.08. The van der Waals surface area contributed by atoms with E-state index in [1.807, 2.05) is 60.7 Å². The molecule has 0 atom stereocenters. The number of ether oxygens (including phenoxy) is 2. The molecule has 238 valence electrons. The molecule has 0 N–H and O–H groups in total. The molecule has 0 amide bonds. The Morgan fingerprint density at radius 3 is 1.35 bits per heavy atom. The molecule has 0 aliphatic carbocycles. The SMILES string of the molecule is O=C([O-])CCCCCCCC(C(=O)[O-])(c1ccc(C(=O)OCc2ccccc2)cc1)c1ccc(C(=O)OCc2ccccc2)cc1. The van der Waals surface area contributed by atoms with Gasteiger partial charge in [-0.1, -0.05) is 111 Å². The Hall–Kier alpha value is -5.24. The predicted octanol–water partition coefficient (Wildman–Crippen LogP) is 4.92. The number of unbranched alkanes of at least 4 members (excludes halogenated alkanes) is 4. The molecule has 0 aromatic heterocycles. The number of carboxylic acid groups (broad SMARTS) is 2. The normalized spacial score (nSPS) is 11.0. The van der Waals surface area contributed by atoms with Crippen LogP contribution in [0.1, 0.15) is 87.9 Å². The van der Waals surface area contributed by atoms with E-state index >= 15 is 0 Å². The molecular weight excluding hydrogens is 584 g/mol. The Morgan fingerprint density at radius 2 is 0.935 bits per heavy atom. The lowest BCUT2D eigenvalue weighted by Crippen LogP contribution is -2.47. The summed E-state index contributed by atoms with van der Waals surface area (Å²) in [6.45, 7) is 0.209. The highest BCUT2D eigenvalue weighted by Gasteiger charge is 2.36. The number of carboxylic acids is 2. The molecule has 46 heavy (non-hydrogen) atoms. The second-order valence-electron chi connectivity index (χ2n) is 11.1. The van der Waals surface area contributed by atoms with Crippen molar-refractivity contribution in [3.8, 4) is 0 Å². The van der Waals surface area contributed by atoms with Crippen LogP contribution in [-0.4, -0.2) is 23.9 Å². The van der Waals surface area contributed by atoms with Crippen LogP contribution in [0.5, 0.6) is 0 Å². The van der Waals surface area contributed by atoms with Gasteiger partial charge in [-0.2, -0.15) is 0 Å². The number of esters is 2. The van der Waals surface area contributed by atoms with E-state index in [1.54, 1.807) is 24.3 Å². The lowest BCUT2D eigenvalue weighted by molar-refractivity contribution is -0.312. The van der Waals surface area contributed by atoms with E-state index in [4.69, 9.17) is 9.47 Å². The molecular formula is C38H36O8-2. The van der Waals surface area contributed by atoms with Crippen molar-refractivity contribution in [2.75, 3.05) is 0 Å². The van der Waals surface area contributed by atoms with Gasteiger partial charge in [-0.05, 0) is 65.8 Å². The van der Waals surface area contributed by atoms with Crippen molar-refractivity contribution in [1.29, 1.82) is 0 Å². The maximum absolute atomic E-state index is 13.1. The van der Waals surface area contributed by atoms with E-state index in [1.165, 1.54) is 24.3 Å². The van der Waals surface area contributed by atoms with E-state index in [0.29, 0.717) is 36.8 Å². The van der Waals surface area contributed by atoms with Gasteiger partial charge in [0.1, 0.15) is 13.2 Å². The quantitative estimate of drug-likeness (QED) is 0.120. The summed E-state index contributed by atoms with van der Waals surface area (Å²) in [7, 11) is 0. The van der Waals surface area contributed by atoms with E-state index < -0.39 is 29.3 Å². The third-order valence-corrected chi connectivity index (χ3v) is 7.93. The maximum Gasteiger partial charge on any atom is 0.338 e. The highest BCUT2D eigenvalue weighted by molar-refractivity contribution is 5.91. The van der Waals surface area contributed by atoms with Crippen LogP contribution in [0.3, 0.4) is 0 Å². The van der Waals surface area contributed by atoms with E-state index in [0.717, 1.165) is 17.5 Å². The lowest BCUT2D eigenvalue weighted by Gasteiger charge is -2.36. The molecule has 8 heteroatoms. The predicted molar refractivity (Wildman–Crippen MR) is 167 cm³/mol. The molecule has 0 aliphatic heterocycles. The standard InChI is InChI=1S/C38H38O8/c39-34(40)16-10-2-1-3-11-25-38(37(43)44,32-21-17-30(18-22-32)35(41)45-26-28-12-6-4-7-13-28)33-23-19-31(20-24-33)36(42)46-27-29-14-8-5-9-15-29/h4-9,12-15,17-24H,1-3,10-11,16,25-27H2,(H,39,40)(H,43,44)/p-2. The molecule has 0 bridgehead atoms. The number of carbonyl (C=O) groups excluding carboxylic acids is 4. The summed E-state index contributed by atoms with van der Waals surface area (Å²) < 4.78 is 10.9. The molecule has 0 radical (unpaired) electrons. The number of benzene rings is 4. The largest absolute Gasteiger partial charge is 0.550 e. The van der Waals surface area contributed by atoms with Crippen LogP contribution in [0.15, 0.2) is 109 Å². The first-order valence-corrected chi connectivity index (χ1v) is 15.3. The highest BCUT2D eigenvalue weighted by Crippen LogP contribution is 2.38. The van der Waals surface area contributed by atoms with Gasteiger partial charge in [-0.3, -0.25) is 0 Å². The molecule has 0 fully saturated rings. The van der Waals surface area contributed by atoms with Crippen molar-refractivity contribution >= 4 is 23.9 Å². The number of hydrogen-bond donors (Lipinski definition) is 0. The fourth-order valence-electron chi connectivity index (χ4n) is 5.38. The van der Waals surface area contributed by atoms with Crippen LogP contribution in [0.4, 0.5) is 0 Å². The Kier molecular flexibility index (Phi) is 12.2. The van der Waals surface area contributed by atoms with Crippen molar-refractivity contribution < 1.29 is 38.9 Å². The number of hydrogen-bond acceptors (Lipinski definition) is 8. The Labute approximate surface area is 268 Å². The third-order valence-electron chi connectivity index (χ3n) is 7.93. The third kappa shape index (κ3) is 9.14. The molecule has 0 aliphatic rings. The second kappa shape index (κ2) is 16.7. The smallest absolute Gasteiger partial charge is 0.338 e. The van der Waals surface area contributed by atoms with E-state index in [2.05, 4.69) is 0 Å². The van der Waals surface area contributed by atoms with Crippen molar-refractivity contribution in [3.63, 3.8) is 0 Å². The first-order chi connectivity index (χ1) is 22.3. The lowest BCUT2D eigenvalue weighted by atomic mass is 9.70. The van der Waals surface area contributed by atoms with Gasteiger partial charge in [0.2, 0.25) is 0 Å². The van der Waals surface area contributed by atoms with Crippen LogP contribution in [0, 0.1) is 0 Å². The van der Waals surface area contributed by atoms with Gasteiger partial charge in [0.25, 0.3) is 0 Å². The Balaban J connectivity index is 1.53. The van der Waals surface area contributed by atoms with E-state index in [9.17, 15) is 29.4 Å². The average molecular weight is 621 g/mol. The molecule has 0 saturated carbocycles. The molecule has 0 spiro atoms. The summed E-state index contributed by atoms with van der Waals surface area (Å²) in [5.74, 6) is -3.48. The molecule has 4 rings (SSSR count). The molecule has 0 unspecified atom stereocenters. The fourth-order valence-corrected chi connectivity index (χ4v) is 5.38. The van der Waals surface area contributed by atoms with Crippen molar-refractivity contribution in [3.05, 3.63) is 143 Å². The fraction of sp³-hybridized carbons (Fsp3) is 0.263. The van der Waals surface area contributed by atoms with Crippen LogP contribution in [0.2, 0.25) is 0 Å². The number of carbonyl (C=O) groups is 4. The summed E-state index contributed by atoms with van der Waals surface area (Å²) in [5, 5.41) is 23.8. The zero-order chi connectivity index (χ0) is 32.8. The van der Waals surface area contributed by atoms with Crippen molar-refractivity contribution in [1.82, 2.24) is 0 Å². The molecule has 0 saturated heterocycles. The highest BCUT2D eigenvalue weighted by atomic mass is 16.5. The van der Waals surface area contributed by atoms with Crippen LogP contribution < -0.4 is 10.2 Å². The minimum absolute atomic E-state index is 0.0107. The number of aliphatic carboxylic acids is 2. The monoisotopic (exact) mass is 620 g/mol. The maximum atomic E-state index is 13.1. The van der Waals surface area contributed by atoms with Gasteiger partial charge in [0, 0.05) is 5.97 Å². The van der Waals surface area contributed by atoms with Crippen molar-refractivity contribution in [2.45, 2.75) is 63.6 Å². The summed E-state index contributed by atoms with van der Waals surface area (Å²) >= 11 is 0. The Bertz CT molecular complexity index is 1480. The van der Waals surface area contributed by atoms with Gasteiger partial charge < -0.3 is 29.3 Å². The van der Waals surface area contributed by atoms with Crippen molar-refractivity contribution in [2.24, 2.45) is 0 Å². The number of rotatable bonds is 17. The first-order valence-electron chi connectivity index (χ1n) is 15.3. The summed E-state index contributed by atoms with van der Waals surface area (Å²) in [6.07, 6.45) is 3.28. The second-order valence-corrected chi connectivity index (χ2v) is 11.1. The van der Waals surface area contributed by atoms with Gasteiger partial charge in [-0.15, -0.1) is 0 Å². The summed E-state index contributed by atoms with van der Waals surface area (Å²) in [5.41, 5.74) is 1.50. The van der Waals surface area contributed by atoms with Crippen LogP contribution in [0.25, 0.3) is 0 Å². The summed E-state index contributed by atoms with van der Waals surface area (Å²) in [6, 6.07) is 31.1. The van der Waals surface area contributed by atoms with Gasteiger partial charge in [0.05, 0.1) is 22.5 Å². The summed E-state index contributed by atoms with van der Waals surface area (Å²) in [4.78, 5) is 49.2. The van der Waals surface area contributed by atoms with Gasteiger partial charge >= 0.3 is 11.9 Å². The minimum atomic E-state index is -1.58. The molecule has 4 aromatic rings. The topological polar surface area (TPSA) is 133 Å². The van der Waals surface area contributed by atoms with Gasteiger partial charge in [0.15, 0.2) is 0 Å². The molecule has 8 nitrogen and oxygen atoms in total. The molecule has 0 heterocycles. The first kappa shape index (κ1) is 33.6. The minimum Gasteiger partial charge on any atom is -0.550 e. The Morgan fingerprint density at radius 1 is 0.522 bits per heavy atom. The van der Waals surface area contributed by atoms with E-state index in [-0.39, 0.29) is 37.2 Å². The van der Waals surface area contributed by atoms with Crippen LogP contribution >= 0.6 is 0 Å². The molecule has 4 aromatic carbocycles. The van der Waals surface area contributed by atoms with Gasteiger partial charge in [-0.25, -0.2) is 9.59 Å². The zero-order valence-corrected chi connectivity index (χ0v) is 25.5. The zero-order valence-electron chi connectivity index (χ0n) is 25.5. The van der Waals surface area contributed by atoms with Crippen LogP contribution in [-0.2, 0) is 37.7 Å².